The Morgan fingerprint density at radius 3 is 2.63 bits per heavy atom. The van der Waals surface area contributed by atoms with Gasteiger partial charge >= 0.3 is 0 Å². The summed E-state index contributed by atoms with van der Waals surface area (Å²) in [5, 5.41) is 3.41. The van der Waals surface area contributed by atoms with Crippen molar-refractivity contribution in [3.05, 3.63) is 42.4 Å². The second-order valence-electron chi connectivity index (χ2n) is 4.01. The molecule has 100 valence electrons. The molecule has 0 aliphatic carbocycles. The molecule has 2 rings (SSSR count). The van der Waals surface area contributed by atoms with Crippen LogP contribution >= 0.6 is 0 Å². The van der Waals surface area contributed by atoms with Gasteiger partial charge in [-0.05, 0) is 13.0 Å². The minimum Gasteiger partial charge on any atom is -0.480 e. The Balaban J connectivity index is 2.37. The van der Waals surface area contributed by atoms with Crippen LogP contribution in [0, 0.1) is 0 Å². The van der Waals surface area contributed by atoms with Gasteiger partial charge in [0.05, 0.1) is 13.2 Å². The molecule has 0 spiro atoms. The third kappa shape index (κ3) is 3.23. The van der Waals surface area contributed by atoms with Gasteiger partial charge in [-0.1, -0.05) is 6.92 Å². The van der Waals surface area contributed by atoms with Gasteiger partial charge in [0.15, 0.2) is 0 Å². The van der Waals surface area contributed by atoms with Gasteiger partial charge in [-0.25, -0.2) is 15.0 Å². The summed E-state index contributed by atoms with van der Waals surface area (Å²) in [6, 6.07) is -0.121. The number of ether oxygens (including phenoxy) is 1. The molecule has 1 atom stereocenters. The topological polar surface area (TPSA) is 72.8 Å². The third-order valence-electron chi connectivity index (χ3n) is 2.67. The number of nitrogens with zero attached hydrogens (tertiary/aromatic N) is 4. The first-order valence-electron chi connectivity index (χ1n) is 6.20. The molecule has 0 aliphatic rings. The average molecular weight is 259 g/mol. The van der Waals surface area contributed by atoms with E-state index in [-0.39, 0.29) is 6.04 Å². The third-order valence-corrected chi connectivity index (χ3v) is 2.67. The van der Waals surface area contributed by atoms with Crippen molar-refractivity contribution in [1.82, 2.24) is 25.3 Å². The van der Waals surface area contributed by atoms with Gasteiger partial charge in [-0.2, -0.15) is 0 Å². The lowest BCUT2D eigenvalue weighted by atomic mass is 10.1. The van der Waals surface area contributed by atoms with E-state index in [0.29, 0.717) is 5.88 Å². The number of hydrogen-bond donors (Lipinski definition) is 1. The first-order valence-corrected chi connectivity index (χ1v) is 6.20. The zero-order valence-corrected chi connectivity index (χ0v) is 11.1. The lowest BCUT2D eigenvalue weighted by molar-refractivity contribution is 0.382. The van der Waals surface area contributed by atoms with E-state index in [4.69, 9.17) is 4.74 Å². The van der Waals surface area contributed by atoms with E-state index in [1.165, 1.54) is 6.33 Å². The molecule has 0 aromatic carbocycles. The summed E-state index contributed by atoms with van der Waals surface area (Å²) in [5.74, 6) is 0.514. The Morgan fingerprint density at radius 2 is 1.95 bits per heavy atom. The largest absolute Gasteiger partial charge is 0.480 e. The van der Waals surface area contributed by atoms with Crippen molar-refractivity contribution in [2.75, 3.05) is 13.7 Å². The van der Waals surface area contributed by atoms with Crippen molar-refractivity contribution >= 4 is 0 Å². The molecule has 6 heteroatoms. The minimum absolute atomic E-state index is 0.121. The van der Waals surface area contributed by atoms with Gasteiger partial charge in [-0.3, -0.25) is 4.98 Å². The Labute approximate surface area is 112 Å². The van der Waals surface area contributed by atoms with E-state index in [0.717, 1.165) is 24.2 Å². The molecule has 2 aromatic rings. The summed E-state index contributed by atoms with van der Waals surface area (Å²) in [4.78, 5) is 16.7. The second-order valence-corrected chi connectivity index (χ2v) is 4.01. The number of methoxy groups -OCH3 is 1. The highest BCUT2D eigenvalue weighted by Gasteiger charge is 2.20. The molecule has 1 N–H and O–H groups in total. The number of nitrogens with one attached hydrogen (secondary N) is 1. The highest BCUT2D eigenvalue weighted by molar-refractivity contribution is 5.30. The standard InChI is InChI=1S/C13H17N5O/c1-3-4-16-11(10-7-14-9-15-8-10)12-13(19-2)18-6-5-17-12/h5-9,11,16H,3-4H2,1-2H3. The zero-order valence-electron chi connectivity index (χ0n) is 11.1. The molecule has 19 heavy (non-hydrogen) atoms. The summed E-state index contributed by atoms with van der Waals surface area (Å²) in [5.41, 5.74) is 1.68. The summed E-state index contributed by atoms with van der Waals surface area (Å²) in [6.07, 6.45) is 9.34. The van der Waals surface area contributed by atoms with Gasteiger partial charge in [0, 0.05) is 30.4 Å². The van der Waals surface area contributed by atoms with Crippen molar-refractivity contribution in [3.8, 4) is 5.88 Å². The SMILES string of the molecule is CCCNC(c1cncnc1)c1nccnc1OC. The lowest BCUT2D eigenvalue weighted by Crippen LogP contribution is -2.25. The first kappa shape index (κ1) is 13.4. The van der Waals surface area contributed by atoms with Crippen molar-refractivity contribution in [3.63, 3.8) is 0 Å². The Hall–Kier alpha value is -2.08. The van der Waals surface area contributed by atoms with Gasteiger partial charge in [0.1, 0.15) is 12.0 Å². The van der Waals surface area contributed by atoms with Crippen LogP contribution in [0.15, 0.2) is 31.1 Å². The van der Waals surface area contributed by atoms with Crippen molar-refractivity contribution in [1.29, 1.82) is 0 Å². The molecular weight excluding hydrogens is 242 g/mol. The number of rotatable bonds is 6. The fourth-order valence-electron chi connectivity index (χ4n) is 1.81. The quantitative estimate of drug-likeness (QED) is 0.844. The molecule has 2 aromatic heterocycles. The van der Waals surface area contributed by atoms with E-state index in [1.54, 1.807) is 31.9 Å². The maximum atomic E-state index is 5.27. The van der Waals surface area contributed by atoms with Gasteiger partial charge < -0.3 is 10.1 Å². The number of hydrogen-bond acceptors (Lipinski definition) is 6. The summed E-state index contributed by atoms with van der Waals surface area (Å²) >= 11 is 0. The van der Waals surface area contributed by atoms with Crippen LogP contribution in [0.25, 0.3) is 0 Å². The molecule has 0 saturated carbocycles. The van der Waals surface area contributed by atoms with Gasteiger partial charge in [0.2, 0.25) is 5.88 Å². The Kier molecular flexibility index (Phi) is 4.74. The second kappa shape index (κ2) is 6.75. The van der Waals surface area contributed by atoms with Crippen LogP contribution in [0.4, 0.5) is 0 Å². The molecular formula is C13H17N5O. The first-order chi connectivity index (χ1) is 9.36. The van der Waals surface area contributed by atoms with E-state index in [9.17, 15) is 0 Å². The molecule has 0 radical (unpaired) electrons. The van der Waals surface area contributed by atoms with E-state index in [1.807, 2.05) is 0 Å². The van der Waals surface area contributed by atoms with Gasteiger partial charge in [-0.15, -0.1) is 0 Å². The van der Waals surface area contributed by atoms with Crippen molar-refractivity contribution in [2.45, 2.75) is 19.4 Å². The Bertz CT molecular complexity index is 505. The van der Waals surface area contributed by atoms with Crippen molar-refractivity contribution < 1.29 is 4.74 Å². The van der Waals surface area contributed by atoms with E-state index < -0.39 is 0 Å². The van der Waals surface area contributed by atoms with Crippen LogP contribution in [-0.4, -0.2) is 33.6 Å². The van der Waals surface area contributed by atoms with Crippen LogP contribution in [0.3, 0.4) is 0 Å². The summed E-state index contributed by atoms with van der Waals surface area (Å²) in [6.45, 7) is 2.97. The Morgan fingerprint density at radius 1 is 1.21 bits per heavy atom. The normalized spacial score (nSPS) is 12.1. The lowest BCUT2D eigenvalue weighted by Gasteiger charge is -2.19. The monoisotopic (exact) mass is 259 g/mol. The highest BCUT2D eigenvalue weighted by atomic mass is 16.5. The molecule has 0 saturated heterocycles. The maximum absolute atomic E-state index is 5.27. The van der Waals surface area contributed by atoms with Crippen LogP contribution in [0.2, 0.25) is 0 Å². The smallest absolute Gasteiger partial charge is 0.237 e. The predicted molar refractivity (Wildman–Crippen MR) is 70.8 cm³/mol. The molecule has 0 fully saturated rings. The van der Waals surface area contributed by atoms with Crippen LogP contribution in [-0.2, 0) is 0 Å². The predicted octanol–water partition coefficient (Wildman–Crippen LogP) is 1.36. The number of aromatic nitrogens is 4. The fraction of sp³-hybridized carbons (Fsp3) is 0.385. The molecule has 0 bridgehead atoms. The minimum atomic E-state index is -0.121. The van der Waals surface area contributed by atoms with Crippen LogP contribution in [0.1, 0.15) is 30.6 Å². The average Bonchev–Trinajstić information content (AvgIpc) is 2.49. The van der Waals surface area contributed by atoms with Crippen LogP contribution < -0.4 is 10.1 Å². The maximum Gasteiger partial charge on any atom is 0.237 e. The van der Waals surface area contributed by atoms with Crippen molar-refractivity contribution in [2.24, 2.45) is 0 Å². The van der Waals surface area contributed by atoms with Crippen LogP contribution in [0.5, 0.6) is 5.88 Å². The molecule has 2 heterocycles. The highest BCUT2D eigenvalue weighted by Crippen LogP contribution is 2.25. The summed E-state index contributed by atoms with van der Waals surface area (Å²) in [7, 11) is 1.59. The van der Waals surface area contributed by atoms with E-state index in [2.05, 4.69) is 32.2 Å². The fourth-order valence-corrected chi connectivity index (χ4v) is 1.81. The molecule has 1 unspecified atom stereocenters. The van der Waals surface area contributed by atoms with E-state index >= 15 is 0 Å². The summed E-state index contributed by atoms with van der Waals surface area (Å²) < 4.78 is 5.27. The molecule has 0 aliphatic heterocycles. The zero-order chi connectivity index (χ0) is 13.5. The molecule has 0 amide bonds. The van der Waals surface area contributed by atoms with Gasteiger partial charge in [0.25, 0.3) is 0 Å². The molecule has 6 nitrogen and oxygen atoms in total.